The maximum Gasteiger partial charge on any atom is 0.0324 e. The van der Waals surface area contributed by atoms with Crippen LogP contribution in [0.5, 0.6) is 0 Å². The van der Waals surface area contributed by atoms with Crippen molar-refractivity contribution in [2.45, 2.75) is 46.1 Å². The molecule has 1 rings (SSSR count). The molecule has 0 spiro atoms. The summed E-state index contributed by atoms with van der Waals surface area (Å²) >= 11 is 0. The van der Waals surface area contributed by atoms with E-state index in [9.17, 15) is 0 Å². The molecule has 0 saturated heterocycles. The summed E-state index contributed by atoms with van der Waals surface area (Å²) in [5.74, 6) is 0.979. The molecule has 2 atom stereocenters. The summed E-state index contributed by atoms with van der Waals surface area (Å²) in [4.78, 5) is 0. The fourth-order valence-electron chi connectivity index (χ4n) is 2.13. The van der Waals surface area contributed by atoms with E-state index in [0.717, 1.165) is 6.42 Å². The van der Waals surface area contributed by atoms with Gasteiger partial charge in [-0.3, -0.25) is 0 Å². The van der Waals surface area contributed by atoms with Gasteiger partial charge in [-0.25, -0.2) is 0 Å². The Balaban J connectivity index is 2.99. The Kier molecular flexibility index (Phi) is 5.16. The summed E-state index contributed by atoms with van der Waals surface area (Å²) < 4.78 is 0. The summed E-state index contributed by atoms with van der Waals surface area (Å²) in [5, 5.41) is 0. The second kappa shape index (κ2) is 6.18. The number of hydrogen-bond donors (Lipinski definition) is 2. The standard InChI is InChI=1S/C15H26N2/c1-10(2)13-6-5-11(3)14(9-13)15(17)12(4)7-8-16/h5-6,9-10,12,15H,7-8,16-17H2,1-4H3. The van der Waals surface area contributed by atoms with Crippen LogP contribution in [0, 0.1) is 12.8 Å². The molecule has 0 aromatic heterocycles. The van der Waals surface area contributed by atoms with E-state index in [2.05, 4.69) is 45.9 Å². The first-order valence-corrected chi connectivity index (χ1v) is 6.53. The second-order valence-corrected chi connectivity index (χ2v) is 5.35. The van der Waals surface area contributed by atoms with Gasteiger partial charge in [0.15, 0.2) is 0 Å². The molecular weight excluding hydrogens is 208 g/mol. The SMILES string of the molecule is Cc1ccc(C(C)C)cc1C(N)C(C)CCN. The van der Waals surface area contributed by atoms with Crippen molar-refractivity contribution in [2.75, 3.05) is 6.54 Å². The van der Waals surface area contributed by atoms with Gasteiger partial charge in [0.25, 0.3) is 0 Å². The van der Waals surface area contributed by atoms with Crippen LogP contribution >= 0.6 is 0 Å². The van der Waals surface area contributed by atoms with Crippen LogP contribution in [0.3, 0.4) is 0 Å². The molecule has 0 aliphatic rings. The fraction of sp³-hybridized carbons (Fsp3) is 0.600. The van der Waals surface area contributed by atoms with Crippen LogP contribution in [0.1, 0.15) is 55.8 Å². The molecule has 0 heterocycles. The van der Waals surface area contributed by atoms with E-state index >= 15 is 0 Å². The van der Waals surface area contributed by atoms with Crippen molar-refractivity contribution >= 4 is 0 Å². The van der Waals surface area contributed by atoms with E-state index in [1.54, 1.807) is 0 Å². The van der Waals surface area contributed by atoms with Gasteiger partial charge >= 0.3 is 0 Å². The lowest BCUT2D eigenvalue weighted by Gasteiger charge is -2.23. The summed E-state index contributed by atoms with van der Waals surface area (Å²) in [5.41, 5.74) is 15.9. The lowest BCUT2D eigenvalue weighted by atomic mass is 9.87. The number of hydrogen-bond acceptors (Lipinski definition) is 2. The molecule has 1 aromatic rings. The van der Waals surface area contributed by atoms with Crippen LogP contribution in [0.4, 0.5) is 0 Å². The maximum atomic E-state index is 6.34. The smallest absolute Gasteiger partial charge is 0.0324 e. The van der Waals surface area contributed by atoms with Gasteiger partial charge in [-0.05, 0) is 48.4 Å². The predicted molar refractivity (Wildman–Crippen MR) is 75.0 cm³/mol. The molecule has 96 valence electrons. The van der Waals surface area contributed by atoms with Crippen molar-refractivity contribution in [3.63, 3.8) is 0 Å². The maximum absolute atomic E-state index is 6.34. The number of rotatable bonds is 5. The minimum absolute atomic E-state index is 0.0947. The highest BCUT2D eigenvalue weighted by Crippen LogP contribution is 2.27. The zero-order valence-electron chi connectivity index (χ0n) is 11.5. The third-order valence-corrected chi connectivity index (χ3v) is 3.56. The van der Waals surface area contributed by atoms with Crippen LogP contribution in [-0.4, -0.2) is 6.54 Å². The Morgan fingerprint density at radius 3 is 2.35 bits per heavy atom. The molecule has 0 saturated carbocycles. The summed E-state index contributed by atoms with van der Waals surface area (Å²) in [6.07, 6.45) is 0.979. The minimum atomic E-state index is 0.0947. The van der Waals surface area contributed by atoms with Gasteiger partial charge in [0.2, 0.25) is 0 Å². The van der Waals surface area contributed by atoms with E-state index in [0.29, 0.717) is 18.4 Å². The molecule has 0 fully saturated rings. The van der Waals surface area contributed by atoms with Crippen LogP contribution in [-0.2, 0) is 0 Å². The van der Waals surface area contributed by atoms with Gasteiger partial charge < -0.3 is 11.5 Å². The van der Waals surface area contributed by atoms with Gasteiger partial charge in [0, 0.05) is 6.04 Å². The molecule has 0 aliphatic heterocycles. The zero-order valence-corrected chi connectivity index (χ0v) is 11.5. The van der Waals surface area contributed by atoms with Crippen LogP contribution in [0.2, 0.25) is 0 Å². The summed E-state index contributed by atoms with van der Waals surface area (Å²) in [6.45, 7) is 9.44. The summed E-state index contributed by atoms with van der Waals surface area (Å²) in [7, 11) is 0. The number of benzene rings is 1. The Morgan fingerprint density at radius 1 is 1.18 bits per heavy atom. The molecule has 2 nitrogen and oxygen atoms in total. The highest BCUT2D eigenvalue weighted by Gasteiger charge is 2.17. The molecule has 1 aromatic carbocycles. The zero-order chi connectivity index (χ0) is 13.0. The molecule has 17 heavy (non-hydrogen) atoms. The molecule has 0 radical (unpaired) electrons. The van der Waals surface area contributed by atoms with E-state index in [-0.39, 0.29) is 6.04 Å². The largest absolute Gasteiger partial charge is 0.330 e. The number of aryl methyl sites for hydroxylation is 1. The molecular formula is C15H26N2. The Bertz CT molecular complexity index is 358. The molecule has 0 amide bonds. The lowest BCUT2D eigenvalue weighted by Crippen LogP contribution is -2.22. The van der Waals surface area contributed by atoms with Gasteiger partial charge in [0.1, 0.15) is 0 Å². The van der Waals surface area contributed by atoms with Crippen molar-refractivity contribution in [3.05, 3.63) is 34.9 Å². The van der Waals surface area contributed by atoms with Crippen LogP contribution in [0.25, 0.3) is 0 Å². The van der Waals surface area contributed by atoms with Gasteiger partial charge in [0.05, 0.1) is 0 Å². The Hall–Kier alpha value is -0.860. The van der Waals surface area contributed by atoms with Gasteiger partial charge in [-0.15, -0.1) is 0 Å². The first-order chi connectivity index (χ1) is 7.97. The Labute approximate surface area is 105 Å². The van der Waals surface area contributed by atoms with Gasteiger partial charge in [-0.2, -0.15) is 0 Å². The van der Waals surface area contributed by atoms with Crippen molar-refractivity contribution in [1.82, 2.24) is 0 Å². The first kappa shape index (κ1) is 14.2. The van der Waals surface area contributed by atoms with Crippen molar-refractivity contribution < 1.29 is 0 Å². The summed E-state index contributed by atoms with van der Waals surface area (Å²) in [6, 6.07) is 6.73. The topological polar surface area (TPSA) is 52.0 Å². The van der Waals surface area contributed by atoms with Crippen LogP contribution in [0.15, 0.2) is 18.2 Å². The van der Waals surface area contributed by atoms with E-state index in [4.69, 9.17) is 11.5 Å². The molecule has 2 heteroatoms. The predicted octanol–water partition coefficient (Wildman–Crippen LogP) is 3.10. The quantitative estimate of drug-likeness (QED) is 0.822. The first-order valence-electron chi connectivity index (χ1n) is 6.53. The molecule has 2 unspecified atom stereocenters. The van der Waals surface area contributed by atoms with E-state index in [1.165, 1.54) is 16.7 Å². The highest BCUT2D eigenvalue weighted by molar-refractivity contribution is 5.35. The molecule has 0 aliphatic carbocycles. The van der Waals surface area contributed by atoms with Crippen molar-refractivity contribution in [3.8, 4) is 0 Å². The number of nitrogens with two attached hydrogens (primary N) is 2. The Morgan fingerprint density at radius 2 is 1.82 bits per heavy atom. The van der Waals surface area contributed by atoms with Crippen molar-refractivity contribution in [2.24, 2.45) is 17.4 Å². The van der Waals surface area contributed by atoms with Crippen molar-refractivity contribution in [1.29, 1.82) is 0 Å². The third-order valence-electron chi connectivity index (χ3n) is 3.56. The van der Waals surface area contributed by atoms with E-state index < -0.39 is 0 Å². The van der Waals surface area contributed by atoms with Gasteiger partial charge in [-0.1, -0.05) is 39.0 Å². The average molecular weight is 234 g/mol. The lowest BCUT2D eigenvalue weighted by molar-refractivity contribution is 0.442. The fourth-order valence-corrected chi connectivity index (χ4v) is 2.13. The third kappa shape index (κ3) is 3.55. The highest BCUT2D eigenvalue weighted by atomic mass is 14.7. The monoisotopic (exact) mass is 234 g/mol. The molecule has 4 N–H and O–H groups in total. The van der Waals surface area contributed by atoms with Crippen LogP contribution < -0.4 is 11.5 Å². The minimum Gasteiger partial charge on any atom is -0.330 e. The molecule has 0 bridgehead atoms. The second-order valence-electron chi connectivity index (χ2n) is 5.35. The average Bonchev–Trinajstić information content (AvgIpc) is 2.28. The normalized spacial score (nSPS) is 15.0. The van der Waals surface area contributed by atoms with E-state index in [1.807, 2.05) is 0 Å².